The smallest absolute Gasteiger partial charge is 0.166 e. The Hall–Kier alpha value is -2.01. The minimum atomic E-state index is -1.34. The normalized spacial score (nSPS) is 25.6. The lowest BCUT2D eigenvalue weighted by atomic mass is 9.65. The van der Waals surface area contributed by atoms with Gasteiger partial charge in [0, 0.05) is 44.7 Å². The number of aliphatic hydroxyl groups is 1. The molecule has 4 heteroatoms. The van der Waals surface area contributed by atoms with Crippen LogP contribution < -0.4 is 0 Å². The van der Waals surface area contributed by atoms with Crippen molar-refractivity contribution >= 4 is 5.78 Å². The van der Waals surface area contributed by atoms with Crippen molar-refractivity contribution in [2.75, 3.05) is 26.2 Å². The van der Waals surface area contributed by atoms with Gasteiger partial charge in [-0.15, -0.1) is 0 Å². The minimum absolute atomic E-state index is 0.0137. The van der Waals surface area contributed by atoms with E-state index in [1.807, 2.05) is 30.3 Å². The molecule has 2 aromatic carbocycles. The van der Waals surface area contributed by atoms with Crippen molar-refractivity contribution in [3.63, 3.8) is 0 Å². The third-order valence-corrected chi connectivity index (χ3v) is 6.63. The molecule has 4 rings (SSSR count). The first-order chi connectivity index (χ1) is 13.6. The molecule has 28 heavy (non-hydrogen) atoms. The Morgan fingerprint density at radius 3 is 2.11 bits per heavy atom. The predicted molar refractivity (Wildman–Crippen MR) is 111 cm³/mol. The molecule has 0 spiro atoms. The molecule has 1 N–H and O–H groups in total. The van der Waals surface area contributed by atoms with Crippen molar-refractivity contribution in [2.45, 2.75) is 38.0 Å². The molecule has 1 heterocycles. The topological polar surface area (TPSA) is 43.8 Å². The van der Waals surface area contributed by atoms with Gasteiger partial charge in [-0.2, -0.15) is 0 Å². The average Bonchev–Trinajstić information content (AvgIpc) is 2.69. The largest absolute Gasteiger partial charge is 0.377 e. The summed E-state index contributed by atoms with van der Waals surface area (Å²) in [5, 5.41) is 11.2. The summed E-state index contributed by atoms with van der Waals surface area (Å²) in [4.78, 5) is 17.4. The molecule has 2 aliphatic rings. The highest BCUT2D eigenvalue weighted by Gasteiger charge is 2.50. The van der Waals surface area contributed by atoms with E-state index in [4.69, 9.17) is 0 Å². The first kappa shape index (κ1) is 19.3. The second-order valence-corrected chi connectivity index (χ2v) is 8.31. The van der Waals surface area contributed by atoms with Crippen LogP contribution in [0.3, 0.4) is 0 Å². The molecular formula is C24H30N2O2. The summed E-state index contributed by atoms with van der Waals surface area (Å²) in [5.41, 5.74) is 0.764. The summed E-state index contributed by atoms with van der Waals surface area (Å²) < 4.78 is 0. The number of nitrogens with zero attached hydrogens (tertiary/aromatic N) is 2. The van der Waals surface area contributed by atoms with Crippen molar-refractivity contribution in [1.29, 1.82) is 0 Å². The lowest BCUT2D eigenvalue weighted by Gasteiger charge is -2.50. The van der Waals surface area contributed by atoms with Crippen molar-refractivity contribution < 1.29 is 9.90 Å². The Kier molecular flexibility index (Phi) is 5.63. The van der Waals surface area contributed by atoms with E-state index >= 15 is 0 Å². The Morgan fingerprint density at radius 2 is 1.54 bits per heavy atom. The number of hydrogen-bond acceptors (Lipinski definition) is 4. The van der Waals surface area contributed by atoms with Gasteiger partial charge in [0.2, 0.25) is 0 Å². The Balaban J connectivity index is 1.31. The number of benzene rings is 2. The van der Waals surface area contributed by atoms with Gasteiger partial charge < -0.3 is 5.11 Å². The molecule has 4 nitrogen and oxygen atoms in total. The summed E-state index contributed by atoms with van der Waals surface area (Å²) in [6.45, 7) is 6.81. The second-order valence-electron chi connectivity index (χ2n) is 8.31. The lowest BCUT2D eigenvalue weighted by Crippen LogP contribution is -2.58. The van der Waals surface area contributed by atoms with Gasteiger partial charge in [0.25, 0.3) is 0 Å². The zero-order valence-electron chi connectivity index (χ0n) is 16.6. The summed E-state index contributed by atoms with van der Waals surface area (Å²) in [6.07, 6.45) is 1.79. The molecule has 1 saturated carbocycles. The maximum absolute atomic E-state index is 12.3. The van der Waals surface area contributed by atoms with Gasteiger partial charge >= 0.3 is 0 Å². The summed E-state index contributed by atoms with van der Waals surface area (Å²) >= 11 is 0. The number of Topliss-reactive ketones (excluding diaryl/α,β-unsaturated/α-hetero) is 1. The fraction of sp³-hybridized carbons (Fsp3) is 0.458. The van der Waals surface area contributed by atoms with Crippen molar-refractivity contribution in [2.24, 2.45) is 5.92 Å². The molecule has 1 saturated heterocycles. The molecule has 0 amide bonds. The van der Waals surface area contributed by atoms with Gasteiger partial charge in [-0.05, 0) is 30.9 Å². The fourth-order valence-electron chi connectivity index (χ4n) is 4.77. The molecule has 0 bridgehead atoms. The van der Waals surface area contributed by atoms with Crippen LogP contribution in [0.5, 0.6) is 0 Å². The predicted octanol–water partition coefficient (Wildman–Crippen LogP) is 3.06. The van der Waals surface area contributed by atoms with Gasteiger partial charge in [-0.1, -0.05) is 60.7 Å². The molecule has 1 unspecified atom stereocenters. The van der Waals surface area contributed by atoms with E-state index in [1.165, 1.54) is 12.5 Å². The number of hydrogen-bond donors (Lipinski definition) is 1. The van der Waals surface area contributed by atoms with Crippen molar-refractivity contribution in [3.8, 4) is 0 Å². The van der Waals surface area contributed by atoms with Crippen LogP contribution in [-0.2, 0) is 16.9 Å². The minimum Gasteiger partial charge on any atom is -0.377 e. The zero-order chi connectivity index (χ0) is 19.6. The number of ketones is 1. The van der Waals surface area contributed by atoms with Gasteiger partial charge in [-0.3, -0.25) is 14.6 Å². The van der Waals surface area contributed by atoms with Crippen LogP contribution in [0.15, 0.2) is 60.7 Å². The van der Waals surface area contributed by atoms with E-state index in [1.54, 1.807) is 0 Å². The molecule has 1 aliphatic carbocycles. The molecule has 0 aromatic heterocycles. The van der Waals surface area contributed by atoms with E-state index in [9.17, 15) is 9.90 Å². The van der Waals surface area contributed by atoms with Crippen LogP contribution in [0, 0.1) is 5.92 Å². The standard InChI is InChI=1S/C24H30N2O2/c1-19(27)24(28,21-10-6-3-7-11-21)22-16-23(17-22)26-14-12-25(13-15-26)18-20-8-4-2-5-9-20/h2-11,22-23,28H,12-18H2,1H3. The molecular weight excluding hydrogens is 348 g/mol. The highest BCUT2D eigenvalue weighted by molar-refractivity contribution is 5.86. The quantitative estimate of drug-likeness (QED) is 0.839. The third kappa shape index (κ3) is 3.77. The highest BCUT2D eigenvalue weighted by atomic mass is 16.3. The first-order valence-corrected chi connectivity index (χ1v) is 10.4. The van der Waals surface area contributed by atoms with E-state index in [0.717, 1.165) is 51.1 Å². The fourth-order valence-corrected chi connectivity index (χ4v) is 4.77. The molecule has 2 fully saturated rings. The molecule has 1 atom stereocenters. The van der Waals surface area contributed by atoms with E-state index < -0.39 is 5.60 Å². The SMILES string of the molecule is CC(=O)C(O)(c1ccccc1)C1CC(N2CCN(Cc3ccccc3)CC2)C1. The van der Waals surface area contributed by atoms with Gasteiger partial charge in [0.05, 0.1) is 0 Å². The van der Waals surface area contributed by atoms with Crippen LogP contribution in [0.2, 0.25) is 0 Å². The number of rotatable bonds is 6. The second kappa shape index (κ2) is 8.16. The Labute approximate surface area is 167 Å². The Bertz CT molecular complexity index is 781. The van der Waals surface area contributed by atoms with Crippen LogP contribution in [0.4, 0.5) is 0 Å². The average molecular weight is 379 g/mol. The zero-order valence-corrected chi connectivity index (χ0v) is 16.6. The van der Waals surface area contributed by atoms with Crippen molar-refractivity contribution in [1.82, 2.24) is 9.80 Å². The number of carbonyl (C=O) groups excluding carboxylic acids is 1. The number of piperazine rings is 1. The van der Waals surface area contributed by atoms with Crippen LogP contribution >= 0.6 is 0 Å². The molecule has 0 radical (unpaired) electrons. The molecule has 1 aliphatic heterocycles. The van der Waals surface area contributed by atoms with Crippen LogP contribution in [0.1, 0.15) is 30.9 Å². The van der Waals surface area contributed by atoms with Gasteiger partial charge in [0.1, 0.15) is 0 Å². The van der Waals surface area contributed by atoms with E-state index in [0.29, 0.717) is 6.04 Å². The number of carbonyl (C=O) groups is 1. The van der Waals surface area contributed by atoms with Crippen LogP contribution in [-0.4, -0.2) is 52.9 Å². The van der Waals surface area contributed by atoms with E-state index in [2.05, 4.69) is 40.1 Å². The first-order valence-electron chi connectivity index (χ1n) is 10.4. The van der Waals surface area contributed by atoms with Gasteiger partial charge in [-0.25, -0.2) is 0 Å². The maximum atomic E-state index is 12.3. The monoisotopic (exact) mass is 378 g/mol. The Morgan fingerprint density at radius 1 is 0.964 bits per heavy atom. The van der Waals surface area contributed by atoms with Crippen molar-refractivity contribution in [3.05, 3.63) is 71.8 Å². The molecule has 148 valence electrons. The molecule has 2 aromatic rings. The highest BCUT2D eigenvalue weighted by Crippen LogP contribution is 2.45. The summed E-state index contributed by atoms with van der Waals surface area (Å²) in [6, 6.07) is 20.6. The van der Waals surface area contributed by atoms with Gasteiger partial charge in [0.15, 0.2) is 11.4 Å². The third-order valence-electron chi connectivity index (χ3n) is 6.63. The van der Waals surface area contributed by atoms with Crippen LogP contribution in [0.25, 0.3) is 0 Å². The maximum Gasteiger partial charge on any atom is 0.166 e. The van der Waals surface area contributed by atoms with E-state index in [-0.39, 0.29) is 11.7 Å². The summed E-state index contributed by atoms with van der Waals surface area (Å²) in [5.74, 6) is -0.130. The lowest BCUT2D eigenvalue weighted by molar-refractivity contribution is -0.152. The summed E-state index contributed by atoms with van der Waals surface area (Å²) in [7, 11) is 0.